The van der Waals surface area contributed by atoms with Crippen LogP contribution in [0.5, 0.6) is 0 Å². The first kappa shape index (κ1) is 15.5. The van der Waals surface area contributed by atoms with Crippen LogP contribution < -0.4 is 0 Å². The minimum absolute atomic E-state index is 0.859. The van der Waals surface area contributed by atoms with E-state index in [1.54, 1.807) is 22.7 Å². The van der Waals surface area contributed by atoms with E-state index >= 15 is 0 Å². The van der Waals surface area contributed by atoms with Crippen molar-refractivity contribution in [2.75, 3.05) is 0 Å². The van der Waals surface area contributed by atoms with Crippen molar-refractivity contribution in [3.05, 3.63) is 81.2 Å². The normalized spacial score (nSPS) is 12.3. The lowest BCUT2D eigenvalue weighted by atomic mass is 10.2. The number of nitrogens with one attached hydrogen (secondary N) is 1. The van der Waals surface area contributed by atoms with Crippen LogP contribution in [0.15, 0.2) is 60.0 Å². The first-order valence-electron chi connectivity index (χ1n) is 8.35. The maximum atomic E-state index is 4.86. The van der Waals surface area contributed by atoms with Crippen molar-refractivity contribution < 1.29 is 0 Å². The maximum absolute atomic E-state index is 4.86. The molecule has 0 bridgehead atoms. The molecule has 126 valence electrons. The summed E-state index contributed by atoms with van der Waals surface area (Å²) in [5.41, 5.74) is 5.34. The molecule has 5 aromatic rings. The van der Waals surface area contributed by atoms with Crippen LogP contribution >= 0.6 is 22.7 Å². The van der Waals surface area contributed by atoms with Gasteiger partial charge in [-0.2, -0.15) is 0 Å². The van der Waals surface area contributed by atoms with Gasteiger partial charge in [0.15, 0.2) is 0 Å². The molecule has 0 unspecified atom stereocenters. The number of hydrogen-bond acceptors (Lipinski definition) is 4. The lowest BCUT2D eigenvalue weighted by Crippen LogP contribution is -1.90. The highest BCUT2D eigenvalue weighted by Gasteiger charge is 2.16. The smallest absolute Gasteiger partial charge is 0.141 e. The Kier molecular flexibility index (Phi) is 3.69. The van der Waals surface area contributed by atoms with Gasteiger partial charge in [-0.1, -0.05) is 24.3 Å². The van der Waals surface area contributed by atoms with Crippen molar-refractivity contribution in [3.63, 3.8) is 0 Å². The van der Waals surface area contributed by atoms with Crippen LogP contribution in [0.25, 0.3) is 32.9 Å². The van der Waals surface area contributed by atoms with Gasteiger partial charge in [-0.15, -0.1) is 22.7 Å². The monoisotopic (exact) mass is 373 g/mol. The summed E-state index contributed by atoms with van der Waals surface area (Å²) in [6, 6.07) is 18.5. The van der Waals surface area contributed by atoms with Crippen LogP contribution in [0.1, 0.15) is 21.3 Å². The molecular formula is C21H15N3S2. The summed E-state index contributed by atoms with van der Waals surface area (Å²) in [4.78, 5) is 14.4. The Labute approximate surface area is 158 Å². The minimum atomic E-state index is 0.859. The number of benzene rings is 2. The third-order valence-electron chi connectivity index (χ3n) is 4.35. The molecule has 5 heteroatoms. The fraction of sp³-hybridized carbons (Fsp3) is 0.0476. The first-order valence-corrected chi connectivity index (χ1v) is 10.0. The number of nitrogens with zero attached hydrogens (tertiary/aromatic N) is 2. The number of thiazole rings is 1. The van der Waals surface area contributed by atoms with Gasteiger partial charge in [0.25, 0.3) is 0 Å². The molecule has 3 aromatic heterocycles. The molecule has 26 heavy (non-hydrogen) atoms. The van der Waals surface area contributed by atoms with Gasteiger partial charge in [-0.3, -0.25) is 0 Å². The van der Waals surface area contributed by atoms with Crippen LogP contribution in [0.4, 0.5) is 0 Å². The Morgan fingerprint density at radius 1 is 0.962 bits per heavy atom. The summed E-state index contributed by atoms with van der Waals surface area (Å²) >= 11 is 3.44. The standard InChI is InChI=1S/C21H15N3S2/c1-13-10-11-25-19(13)12-14(20-22-15-6-2-3-7-16(15)23-20)21-24-17-8-4-5-9-18(17)26-21/h2-12H,1H3,(H,22,23)/b14-12+. The van der Waals surface area contributed by atoms with Gasteiger partial charge in [0.2, 0.25) is 0 Å². The van der Waals surface area contributed by atoms with E-state index < -0.39 is 0 Å². The van der Waals surface area contributed by atoms with Crippen molar-refractivity contribution in [1.29, 1.82) is 0 Å². The molecule has 0 atom stereocenters. The van der Waals surface area contributed by atoms with Crippen molar-refractivity contribution >= 4 is 55.6 Å². The molecule has 0 radical (unpaired) electrons. The van der Waals surface area contributed by atoms with Crippen molar-refractivity contribution in [3.8, 4) is 0 Å². The molecule has 3 nitrogen and oxygen atoms in total. The second kappa shape index (κ2) is 6.20. The van der Waals surface area contributed by atoms with Crippen molar-refractivity contribution in [1.82, 2.24) is 15.0 Å². The summed E-state index contributed by atoms with van der Waals surface area (Å²) in [6.45, 7) is 2.14. The Bertz CT molecular complexity index is 1110. The number of thiophene rings is 1. The number of imidazole rings is 1. The van der Waals surface area contributed by atoms with Crippen LogP contribution in [-0.4, -0.2) is 15.0 Å². The average Bonchev–Trinajstić information content (AvgIpc) is 3.37. The van der Waals surface area contributed by atoms with E-state index in [-0.39, 0.29) is 0 Å². The predicted molar refractivity (Wildman–Crippen MR) is 112 cm³/mol. The number of H-pyrrole nitrogens is 1. The highest BCUT2D eigenvalue weighted by Crippen LogP contribution is 2.33. The number of aromatic amines is 1. The quantitative estimate of drug-likeness (QED) is 0.413. The van der Waals surface area contributed by atoms with E-state index in [0.717, 1.165) is 33.0 Å². The third kappa shape index (κ3) is 2.66. The van der Waals surface area contributed by atoms with Gasteiger partial charge in [0.1, 0.15) is 10.8 Å². The molecule has 0 fully saturated rings. The van der Waals surface area contributed by atoms with Crippen LogP contribution in [0.3, 0.4) is 0 Å². The molecular weight excluding hydrogens is 358 g/mol. The molecule has 1 N–H and O–H groups in total. The number of hydrogen-bond donors (Lipinski definition) is 1. The molecule has 3 heterocycles. The Morgan fingerprint density at radius 2 is 1.77 bits per heavy atom. The summed E-state index contributed by atoms with van der Waals surface area (Å²) in [6.07, 6.45) is 2.20. The molecule has 0 saturated carbocycles. The zero-order valence-electron chi connectivity index (χ0n) is 14.1. The van der Waals surface area contributed by atoms with Crippen molar-refractivity contribution in [2.45, 2.75) is 6.92 Å². The van der Waals surface area contributed by atoms with Gasteiger partial charge < -0.3 is 4.98 Å². The number of aromatic nitrogens is 3. The van der Waals surface area contributed by atoms with E-state index in [1.165, 1.54) is 15.1 Å². The minimum Gasteiger partial charge on any atom is -0.338 e. The predicted octanol–water partition coefficient (Wildman–Crippen LogP) is 6.13. The number of para-hydroxylation sites is 3. The zero-order chi connectivity index (χ0) is 17.5. The lowest BCUT2D eigenvalue weighted by molar-refractivity contribution is 1.25. The zero-order valence-corrected chi connectivity index (χ0v) is 15.7. The number of fused-ring (bicyclic) bond motifs is 2. The Hall–Kier alpha value is -2.76. The summed E-state index contributed by atoms with van der Waals surface area (Å²) in [7, 11) is 0. The second-order valence-electron chi connectivity index (χ2n) is 6.12. The molecule has 0 saturated heterocycles. The maximum Gasteiger partial charge on any atom is 0.141 e. The highest BCUT2D eigenvalue weighted by molar-refractivity contribution is 7.19. The first-order chi connectivity index (χ1) is 12.8. The fourth-order valence-electron chi connectivity index (χ4n) is 2.96. The molecule has 0 aliphatic carbocycles. The third-order valence-corrected chi connectivity index (χ3v) is 6.38. The molecule has 0 spiro atoms. The van der Waals surface area contributed by atoms with Gasteiger partial charge in [-0.05, 0) is 54.3 Å². The van der Waals surface area contributed by atoms with Crippen molar-refractivity contribution in [2.24, 2.45) is 0 Å². The van der Waals surface area contributed by atoms with Gasteiger partial charge in [0.05, 0.1) is 26.8 Å². The van der Waals surface area contributed by atoms with E-state index in [1.807, 2.05) is 24.3 Å². The molecule has 0 aliphatic rings. The Balaban J connectivity index is 1.74. The molecule has 5 rings (SSSR count). The van der Waals surface area contributed by atoms with Gasteiger partial charge in [0, 0.05) is 4.88 Å². The average molecular weight is 374 g/mol. The fourth-order valence-corrected chi connectivity index (χ4v) is 4.80. The SMILES string of the molecule is Cc1ccsc1/C=C(\c1nc2ccccc2[nH]1)c1nc2ccccc2s1. The number of rotatable bonds is 3. The topological polar surface area (TPSA) is 41.6 Å². The van der Waals surface area contributed by atoms with E-state index in [4.69, 9.17) is 9.97 Å². The van der Waals surface area contributed by atoms with Crippen LogP contribution in [-0.2, 0) is 0 Å². The highest BCUT2D eigenvalue weighted by atomic mass is 32.1. The summed E-state index contributed by atoms with van der Waals surface area (Å²) in [5, 5.41) is 3.11. The lowest BCUT2D eigenvalue weighted by Gasteiger charge is -2.01. The van der Waals surface area contributed by atoms with Gasteiger partial charge in [-0.25, -0.2) is 9.97 Å². The summed E-state index contributed by atoms with van der Waals surface area (Å²) in [5.74, 6) is 0.859. The van der Waals surface area contributed by atoms with Gasteiger partial charge >= 0.3 is 0 Å². The Morgan fingerprint density at radius 3 is 2.54 bits per heavy atom. The summed E-state index contributed by atoms with van der Waals surface area (Å²) < 4.78 is 1.19. The second-order valence-corrected chi connectivity index (χ2v) is 8.09. The van der Waals surface area contributed by atoms with E-state index in [2.05, 4.69) is 53.7 Å². The number of aryl methyl sites for hydroxylation is 1. The van der Waals surface area contributed by atoms with Crippen LogP contribution in [0, 0.1) is 6.92 Å². The largest absolute Gasteiger partial charge is 0.338 e. The molecule has 2 aromatic carbocycles. The molecule has 0 aliphatic heterocycles. The molecule has 0 amide bonds. The van der Waals surface area contributed by atoms with E-state index in [0.29, 0.717) is 0 Å². The van der Waals surface area contributed by atoms with Crippen LogP contribution in [0.2, 0.25) is 0 Å². The van der Waals surface area contributed by atoms with E-state index in [9.17, 15) is 0 Å².